The Labute approximate surface area is 147 Å². The SMILES string of the molecule is COCc1cc(=O)c(O)c(C(=O)c2ccc(Cc3ccc(F)cc3)o2)o1. The summed E-state index contributed by atoms with van der Waals surface area (Å²) >= 11 is 0. The van der Waals surface area contributed by atoms with Crippen LogP contribution in [0.4, 0.5) is 4.39 Å². The van der Waals surface area contributed by atoms with Crippen molar-refractivity contribution in [3.05, 3.63) is 87.1 Å². The number of halogens is 1. The monoisotopic (exact) mass is 358 g/mol. The Morgan fingerprint density at radius 2 is 1.85 bits per heavy atom. The fourth-order valence-electron chi connectivity index (χ4n) is 2.41. The van der Waals surface area contributed by atoms with Gasteiger partial charge in [-0.1, -0.05) is 12.1 Å². The molecule has 1 N–H and O–H groups in total. The number of furan rings is 1. The maximum Gasteiger partial charge on any atom is 0.267 e. The average molecular weight is 358 g/mol. The number of hydrogen-bond donors (Lipinski definition) is 1. The lowest BCUT2D eigenvalue weighted by molar-refractivity contribution is 0.0961. The molecule has 1 aromatic carbocycles. The van der Waals surface area contributed by atoms with Crippen LogP contribution >= 0.6 is 0 Å². The fraction of sp³-hybridized carbons (Fsp3) is 0.158. The minimum atomic E-state index is -0.786. The van der Waals surface area contributed by atoms with Gasteiger partial charge in [-0.2, -0.15) is 0 Å². The van der Waals surface area contributed by atoms with Gasteiger partial charge in [0.1, 0.15) is 23.9 Å². The Balaban J connectivity index is 1.86. The molecule has 0 saturated heterocycles. The van der Waals surface area contributed by atoms with Crippen LogP contribution in [0.1, 0.15) is 33.4 Å². The molecule has 0 bridgehead atoms. The third-order valence-corrected chi connectivity index (χ3v) is 3.64. The summed E-state index contributed by atoms with van der Waals surface area (Å²) in [7, 11) is 1.41. The molecule has 134 valence electrons. The van der Waals surface area contributed by atoms with Crippen molar-refractivity contribution in [2.24, 2.45) is 0 Å². The smallest absolute Gasteiger partial charge is 0.267 e. The second kappa shape index (κ2) is 7.37. The van der Waals surface area contributed by atoms with E-state index in [0.717, 1.165) is 11.6 Å². The summed E-state index contributed by atoms with van der Waals surface area (Å²) in [5, 5.41) is 9.84. The molecule has 6 nitrogen and oxygen atoms in total. The van der Waals surface area contributed by atoms with E-state index in [1.54, 1.807) is 18.2 Å². The molecule has 3 rings (SSSR count). The molecule has 7 heteroatoms. The summed E-state index contributed by atoms with van der Waals surface area (Å²) in [4.78, 5) is 24.3. The third-order valence-electron chi connectivity index (χ3n) is 3.64. The highest BCUT2D eigenvalue weighted by molar-refractivity contribution is 6.06. The molecule has 0 fully saturated rings. The maximum absolute atomic E-state index is 12.9. The summed E-state index contributed by atoms with van der Waals surface area (Å²) in [6.07, 6.45) is 0.354. The quantitative estimate of drug-likeness (QED) is 0.681. The number of ether oxygens (including phenoxy) is 1. The minimum absolute atomic E-state index is 0.0240. The lowest BCUT2D eigenvalue weighted by Crippen LogP contribution is -2.10. The number of hydrogen-bond acceptors (Lipinski definition) is 6. The molecule has 3 aromatic rings. The number of rotatable bonds is 6. The first kappa shape index (κ1) is 17.6. The van der Waals surface area contributed by atoms with Crippen LogP contribution in [0.5, 0.6) is 5.75 Å². The van der Waals surface area contributed by atoms with Crippen LogP contribution in [0.15, 0.2) is 56.1 Å². The van der Waals surface area contributed by atoms with Gasteiger partial charge in [0.05, 0.1) is 0 Å². The molecular formula is C19H15FO6. The van der Waals surface area contributed by atoms with Crippen LogP contribution in [0.2, 0.25) is 0 Å². The van der Waals surface area contributed by atoms with Gasteiger partial charge in [0, 0.05) is 19.6 Å². The number of aromatic hydroxyl groups is 1. The molecule has 0 saturated carbocycles. The average Bonchev–Trinajstić information content (AvgIpc) is 3.08. The second-order valence-electron chi connectivity index (χ2n) is 5.59. The molecular weight excluding hydrogens is 343 g/mol. The standard InChI is InChI=1S/C19H15FO6/c1-24-10-14-9-15(21)17(22)19(26-14)18(23)16-7-6-13(25-16)8-11-2-4-12(20)5-3-11/h2-7,9,22H,8,10H2,1H3. The highest BCUT2D eigenvalue weighted by Crippen LogP contribution is 2.21. The molecule has 0 spiro atoms. The van der Waals surface area contributed by atoms with Gasteiger partial charge in [0.25, 0.3) is 5.78 Å². The van der Waals surface area contributed by atoms with Gasteiger partial charge in [-0.05, 0) is 29.8 Å². The van der Waals surface area contributed by atoms with Crippen molar-refractivity contribution in [3.8, 4) is 5.75 Å². The van der Waals surface area contributed by atoms with Crippen LogP contribution in [-0.2, 0) is 17.8 Å². The van der Waals surface area contributed by atoms with Gasteiger partial charge in [0.2, 0.25) is 16.9 Å². The highest BCUT2D eigenvalue weighted by atomic mass is 19.1. The van der Waals surface area contributed by atoms with Gasteiger partial charge in [-0.25, -0.2) is 4.39 Å². The van der Waals surface area contributed by atoms with Crippen LogP contribution in [-0.4, -0.2) is 18.0 Å². The second-order valence-corrected chi connectivity index (χ2v) is 5.59. The molecule has 0 atom stereocenters. The summed E-state index contributed by atoms with van der Waals surface area (Å²) in [5.41, 5.74) is 0.0564. The lowest BCUT2D eigenvalue weighted by atomic mass is 10.1. The zero-order chi connectivity index (χ0) is 18.7. The maximum atomic E-state index is 12.9. The van der Waals surface area contributed by atoms with E-state index in [4.69, 9.17) is 13.6 Å². The Bertz CT molecular complexity index is 984. The van der Waals surface area contributed by atoms with Gasteiger partial charge in [-0.3, -0.25) is 9.59 Å². The molecule has 0 radical (unpaired) electrons. The van der Waals surface area contributed by atoms with E-state index in [9.17, 15) is 19.1 Å². The molecule has 26 heavy (non-hydrogen) atoms. The number of carbonyl (C=O) groups is 1. The molecule has 0 unspecified atom stereocenters. The van der Waals surface area contributed by atoms with E-state index in [0.29, 0.717) is 12.2 Å². The normalized spacial score (nSPS) is 10.8. The predicted molar refractivity (Wildman–Crippen MR) is 88.7 cm³/mol. The highest BCUT2D eigenvalue weighted by Gasteiger charge is 2.23. The topological polar surface area (TPSA) is 89.9 Å². The van der Waals surface area contributed by atoms with Gasteiger partial charge >= 0.3 is 0 Å². The fourth-order valence-corrected chi connectivity index (χ4v) is 2.41. The van der Waals surface area contributed by atoms with Crippen LogP contribution in [0.25, 0.3) is 0 Å². The zero-order valence-electron chi connectivity index (χ0n) is 13.8. The summed E-state index contributed by atoms with van der Waals surface area (Å²) in [5.74, 6) is -1.91. The summed E-state index contributed by atoms with van der Waals surface area (Å²) < 4.78 is 28.6. The number of ketones is 1. The van der Waals surface area contributed by atoms with Crippen LogP contribution in [0, 0.1) is 5.82 Å². The number of methoxy groups -OCH3 is 1. The largest absolute Gasteiger partial charge is 0.501 e. The van der Waals surface area contributed by atoms with Gasteiger partial charge in [-0.15, -0.1) is 0 Å². The molecule has 2 aromatic heterocycles. The molecule has 0 amide bonds. The Morgan fingerprint density at radius 1 is 1.12 bits per heavy atom. The van der Waals surface area contributed by atoms with Crippen molar-refractivity contribution < 1.29 is 27.9 Å². The van der Waals surface area contributed by atoms with E-state index in [-0.39, 0.29) is 23.9 Å². The van der Waals surface area contributed by atoms with E-state index in [2.05, 4.69) is 0 Å². The van der Waals surface area contributed by atoms with Gasteiger partial charge in [0.15, 0.2) is 5.76 Å². The van der Waals surface area contributed by atoms with Crippen LogP contribution < -0.4 is 5.43 Å². The summed E-state index contributed by atoms with van der Waals surface area (Å²) in [6, 6.07) is 9.94. The van der Waals surface area contributed by atoms with Crippen molar-refractivity contribution in [3.63, 3.8) is 0 Å². The molecule has 2 heterocycles. The van der Waals surface area contributed by atoms with E-state index < -0.39 is 22.7 Å². The van der Waals surface area contributed by atoms with Crippen LogP contribution in [0.3, 0.4) is 0 Å². The van der Waals surface area contributed by atoms with Crippen molar-refractivity contribution >= 4 is 5.78 Å². The van der Waals surface area contributed by atoms with Crippen molar-refractivity contribution in [1.29, 1.82) is 0 Å². The predicted octanol–water partition coefficient (Wildman–Crippen LogP) is 3.05. The first-order chi connectivity index (χ1) is 12.5. The third kappa shape index (κ3) is 3.73. The molecule has 0 aliphatic rings. The lowest BCUT2D eigenvalue weighted by Gasteiger charge is -2.04. The Hall–Kier alpha value is -3.19. The first-order valence-corrected chi connectivity index (χ1v) is 7.70. The van der Waals surface area contributed by atoms with Crippen molar-refractivity contribution in [1.82, 2.24) is 0 Å². The Kier molecular flexibility index (Phi) is 4.99. The van der Waals surface area contributed by atoms with Crippen molar-refractivity contribution in [2.75, 3.05) is 7.11 Å². The van der Waals surface area contributed by atoms with E-state index >= 15 is 0 Å². The van der Waals surface area contributed by atoms with E-state index in [1.807, 2.05) is 0 Å². The Morgan fingerprint density at radius 3 is 2.54 bits per heavy atom. The minimum Gasteiger partial charge on any atom is -0.501 e. The number of carbonyl (C=O) groups excluding carboxylic acids is 1. The van der Waals surface area contributed by atoms with E-state index in [1.165, 1.54) is 25.3 Å². The van der Waals surface area contributed by atoms with Gasteiger partial charge < -0.3 is 18.7 Å². The van der Waals surface area contributed by atoms with Crippen molar-refractivity contribution in [2.45, 2.75) is 13.0 Å². The number of benzene rings is 1. The molecule has 0 aliphatic heterocycles. The molecule has 0 aliphatic carbocycles. The zero-order valence-corrected chi connectivity index (χ0v) is 13.8. The first-order valence-electron chi connectivity index (χ1n) is 7.70. The summed E-state index contributed by atoms with van der Waals surface area (Å²) in [6.45, 7) is -0.0240.